The maximum Gasteiger partial charge on any atom is 0.161 e. The highest BCUT2D eigenvalue weighted by Gasteiger charge is 2.10. The van der Waals surface area contributed by atoms with E-state index in [0.29, 0.717) is 24.5 Å². The van der Waals surface area contributed by atoms with Crippen molar-refractivity contribution in [3.05, 3.63) is 23.8 Å². The van der Waals surface area contributed by atoms with Crippen molar-refractivity contribution in [2.45, 2.75) is 19.4 Å². The summed E-state index contributed by atoms with van der Waals surface area (Å²) in [5.41, 5.74) is 6.85. The van der Waals surface area contributed by atoms with E-state index in [1.54, 1.807) is 7.11 Å². The average molecular weight is 262 g/mol. The van der Waals surface area contributed by atoms with E-state index in [9.17, 15) is 0 Å². The molecule has 0 aliphatic carbocycles. The van der Waals surface area contributed by atoms with E-state index < -0.39 is 0 Å². The zero-order valence-electron chi connectivity index (χ0n) is 10.2. The lowest BCUT2D eigenvalue weighted by Crippen LogP contribution is -2.12. The molecule has 0 aliphatic rings. The van der Waals surface area contributed by atoms with Crippen molar-refractivity contribution in [3.8, 4) is 11.5 Å². The molecular weight excluding hydrogens is 242 g/mol. The molecule has 98 valence electrons. The van der Waals surface area contributed by atoms with Gasteiger partial charge < -0.3 is 20.3 Å². The number of ether oxygens (including phenoxy) is 2. The molecule has 1 atom stereocenters. The fourth-order valence-corrected chi connectivity index (χ4v) is 1.50. The van der Waals surface area contributed by atoms with Gasteiger partial charge in [0.15, 0.2) is 11.5 Å². The van der Waals surface area contributed by atoms with Gasteiger partial charge in [-0.3, -0.25) is 0 Å². The standard InChI is InChI=1S/C12H19NO3.ClH/c1-3-16-12-8-9(10(13)6-7-14)4-5-11(12)15-2;/h4-5,8,10,14H,3,6-7,13H2,1-2H3;1H/t10-;/m1./s1. The second-order valence-electron chi connectivity index (χ2n) is 3.46. The number of aliphatic hydroxyl groups is 1. The van der Waals surface area contributed by atoms with Gasteiger partial charge in [-0.15, -0.1) is 12.4 Å². The first-order valence-electron chi connectivity index (χ1n) is 5.40. The summed E-state index contributed by atoms with van der Waals surface area (Å²) in [6.45, 7) is 2.58. The van der Waals surface area contributed by atoms with E-state index in [4.69, 9.17) is 20.3 Å². The second kappa shape index (κ2) is 8.17. The van der Waals surface area contributed by atoms with Gasteiger partial charge in [0.25, 0.3) is 0 Å². The molecule has 0 saturated heterocycles. The van der Waals surface area contributed by atoms with Crippen LogP contribution < -0.4 is 15.2 Å². The Bertz CT molecular complexity index is 334. The topological polar surface area (TPSA) is 64.7 Å². The zero-order chi connectivity index (χ0) is 12.0. The van der Waals surface area contributed by atoms with E-state index in [0.717, 1.165) is 5.56 Å². The monoisotopic (exact) mass is 261 g/mol. The number of nitrogens with two attached hydrogens (primary N) is 1. The molecule has 4 nitrogen and oxygen atoms in total. The maximum atomic E-state index is 8.84. The minimum absolute atomic E-state index is 0. The summed E-state index contributed by atoms with van der Waals surface area (Å²) in [6, 6.07) is 5.41. The highest BCUT2D eigenvalue weighted by molar-refractivity contribution is 5.85. The van der Waals surface area contributed by atoms with Crippen molar-refractivity contribution in [1.29, 1.82) is 0 Å². The van der Waals surface area contributed by atoms with Crippen LogP contribution in [0.2, 0.25) is 0 Å². The lowest BCUT2D eigenvalue weighted by atomic mass is 10.0. The minimum atomic E-state index is -0.171. The molecule has 0 heterocycles. The van der Waals surface area contributed by atoms with Gasteiger partial charge in [0.2, 0.25) is 0 Å². The normalized spacial score (nSPS) is 11.5. The number of methoxy groups -OCH3 is 1. The van der Waals surface area contributed by atoms with Crippen LogP contribution in [0.25, 0.3) is 0 Å². The quantitative estimate of drug-likeness (QED) is 0.821. The van der Waals surface area contributed by atoms with Gasteiger partial charge in [-0.1, -0.05) is 6.07 Å². The number of aliphatic hydroxyl groups excluding tert-OH is 1. The van der Waals surface area contributed by atoms with Crippen LogP contribution >= 0.6 is 12.4 Å². The first kappa shape index (κ1) is 16.0. The highest BCUT2D eigenvalue weighted by Crippen LogP contribution is 2.30. The molecule has 0 aliphatic heterocycles. The number of halogens is 1. The lowest BCUT2D eigenvalue weighted by molar-refractivity contribution is 0.276. The van der Waals surface area contributed by atoms with Crippen molar-refractivity contribution >= 4 is 12.4 Å². The summed E-state index contributed by atoms with van der Waals surface area (Å²) in [7, 11) is 1.60. The molecule has 0 spiro atoms. The average Bonchev–Trinajstić information content (AvgIpc) is 2.29. The fraction of sp³-hybridized carbons (Fsp3) is 0.500. The van der Waals surface area contributed by atoms with Gasteiger partial charge in [-0.2, -0.15) is 0 Å². The van der Waals surface area contributed by atoms with E-state index in [1.807, 2.05) is 25.1 Å². The van der Waals surface area contributed by atoms with Crippen LogP contribution in [0.3, 0.4) is 0 Å². The predicted octanol–water partition coefficient (Wildman–Crippen LogP) is 1.90. The summed E-state index contributed by atoms with van der Waals surface area (Å²) in [6.07, 6.45) is 0.540. The molecule has 0 radical (unpaired) electrons. The fourth-order valence-electron chi connectivity index (χ4n) is 1.50. The molecule has 0 amide bonds. The number of hydrogen-bond acceptors (Lipinski definition) is 4. The third-order valence-electron chi connectivity index (χ3n) is 2.36. The molecule has 5 heteroatoms. The molecule has 0 saturated carbocycles. The molecule has 17 heavy (non-hydrogen) atoms. The molecule has 1 aromatic carbocycles. The van der Waals surface area contributed by atoms with Gasteiger partial charge in [0.1, 0.15) is 0 Å². The maximum absolute atomic E-state index is 8.84. The summed E-state index contributed by atoms with van der Waals surface area (Å²) >= 11 is 0. The summed E-state index contributed by atoms with van der Waals surface area (Å²) in [5, 5.41) is 8.84. The van der Waals surface area contributed by atoms with Gasteiger partial charge in [0, 0.05) is 12.6 Å². The van der Waals surface area contributed by atoms with Crippen LogP contribution in [0.5, 0.6) is 11.5 Å². The Morgan fingerprint density at radius 1 is 1.35 bits per heavy atom. The number of hydrogen-bond donors (Lipinski definition) is 2. The Morgan fingerprint density at radius 3 is 2.59 bits per heavy atom. The van der Waals surface area contributed by atoms with Gasteiger partial charge >= 0.3 is 0 Å². The molecule has 0 unspecified atom stereocenters. The van der Waals surface area contributed by atoms with Gasteiger partial charge in [-0.25, -0.2) is 0 Å². The van der Waals surface area contributed by atoms with Crippen molar-refractivity contribution < 1.29 is 14.6 Å². The molecule has 1 rings (SSSR count). The largest absolute Gasteiger partial charge is 0.493 e. The Labute approximate surface area is 108 Å². The summed E-state index contributed by atoms with van der Waals surface area (Å²) in [5.74, 6) is 1.39. The Hall–Kier alpha value is -0.970. The minimum Gasteiger partial charge on any atom is -0.493 e. The Morgan fingerprint density at radius 2 is 2.06 bits per heavy atom. The SMILES string of the molecule is CCOc1cc([C@H](N)CCO)ccc1OC.Cl. The molecule has 3 N–H and O–H groups in total. The predicted molar refractivity (Wildman–Crippen MR) is 70.0 cm³/mol. The third-order valence-corrected chi connectivity index (χ3v) is 2.36. The molecule has 1 aromatic rings. The smallest absolute Gasteiger partial charge is 0.161 e. The number of benzene rings is 1. The van der Waals surface area contributed by atoms with E-state index >= 15 is 0 Å². The van der Waals surface area contributed by atoms with Crippen molar-refractivity contribution in [2.24, 2.45) is 5.73 Å². The van der Waals surface area contributed by atoms with Gasteiger partial charge in [-0.05, 0) is 31.0 Å². The van der Waals surface area contributed by atoms with Crippen LogP contribution in [0.4, 0.5) is 0 Å². The van der Waals surface area contributed by atoms with Crippen LogP contribution in [-0.2, 0) is 0 Å². The first-order chi connectivity index (χ1) is 7.72. The zero-order valence-corrected chi connectivity index (χ0v) is 11.0. The van der Waals surface area contributed by atoms with Crippen molar-refractivity contribution in [1.82, 2.24) is 0 Å². The summed E-state index contributed by atoms with van der Waals surface area (Å²) < 4.78 is 10.6. The molecule has 0 bridgehead atoms. The molecule has 0 fully saturated rings. The summed E-state index contributed by atoms with van der Waals surface area (Å²) in [4.78, 5) is 0. The van der Waals surface area contributed by atoms with Crippen molar-refractivity contribution in [3.63, 3.8) is 0 Å². The van der Waals surface area contributed by atoms with Crippen LogP contribution in [0.15, 0.2) is 18.2 Å². The van der Waals surface area contributed by atoms with E-state index in [2.05, 4.69) is 0 Å². The molecule has 0 aromatic heterocycles. The van der Waals surface area contributed by atoms with E-state index in [-0.39, 0.29) is 25.1 Å². The molecular formula is C12H20ClNO3. The van der Waals surface area contributed by atoms with Crippen LogP contribution in [-0.4, -0.2) is 25.4 Å². The Balaban J connectivity index is 0.00000256. The second-order valence-corrected chi connectivity index (χ2v) is 3.46. The van der Waals surface area contributed by atoms with Gasteiger partial charge in [0.05, 0.1) is 13.7 Å². The number of rotatable bonds is 6. The lowest BCUT2D eigenvalue weighted by Gasteiger charge is -2.14. The highest BCUT2D eigenvalue weighted by atomic mass is 35.5. The Kier molecular flexibility index (Phi) is 7.70. The third kappa shape index (κ3) is 4.42. The van der Waals surface area contributed by atoms with Crippen LogP contribution in [0.1, 0.15) is 24.9 Å². The van der Waals surface area contributed by atoms with E-state index in [1.165, 1.54) is 0 Å². The van der Waals surface area contributed by atoms with Crippen LogP contribution in [0, 0.1) is 0 Å². The van der Waals surface area contributed by atoms with Crippen molar-refractivity contribution in [2.75, 3.05) is 20.3 Å². The first-order valence-corrected chi connectivity index (χ1v) is 5.40.